The van der Waals surface area contributed by atoms with Gasteiger partial charge in [0.15, 0.2) is 0 Å². The Hall–Kier alpha value is -1.82. The van der Waals surface area contributed by atoms with Crippen molar-refractivity contribution >= 4 is 12.2 Å². The molecule has 3 aliphatic carbocycles. The molecule has 1 aromatic rings. The first-order valence-corrected chi connectivity index (χ1v) is 6.64. The first-order chi connectivity index (χ1) is 8.75. The van der Waals surface area contributed by atoms with Gasteiger partial charge in [0.25, 0.3) is 0 Å². The molecule has 0 radical (unpaired) electrons. The molecule has 2 atom stereocenters. The normalized spacial score (nSPS) is 26.6. The third-order valence-corrected chi connectivity index (χ3v) is 4.56. The maximum absolute atomic E-state index is 2.39. The van der Waals surface area contributed by atoms with E-state index in [-0.39, 0.29) is 0 Å². The summed E-state index contributed by atoms with van der Waals surface area (Å²) in [4.78, 5) is 0. The van der Waals surface area contributed by atoms with Crippen molar-refractivity contribution < 1.29 is 0 Å². The van der Waals surface area contributed by atoms with E-state index in [0.717, 1.165) is 0 Å². The van der Waals surface area contributed by atoms with Gasteiger partial charge in [0, 0.05) is 11.8 Å². The second-order valence-electron chi connectivity index (χ2n) is 5.57. The summed E-state index contributed by atoms with van der Waals surface area (Å²) in [7, 11) is 0. The molecule has 0 nitrogen and oxygen atoms in total. The highest BCUT2D eigenvalue weighted by Gasteiger charge is 2.34. The largest absolute Gasteiger partial charge is 0.0758 e. The van der Waals surface area contributed by atoms with Gasteiger partial charge in [0.2, 0.25) is 0 Å². The fourth-order valence-electron chi connectivity index (χ4n) is 3.54. The lowest BCUT2D eigenvalue weighted by atomic mass is 9.66. The summed E-state index contributed by atoms with van der Waals surface area (Å²) < 4.78 is 0. The van der Waals surface area contributed by atoms with Gasteiger partial charge in [0.05, 0.1) is 0 Å². The maximum atomic E-state index is 2.39. The number of hydrogen-bond donors (Lipinski definition) is 0. The summed E-state index contributed by atoms with van der Waals surface area (Å²) in [5.41, 5.74) is 8.73. The minimum Gasteiger partial charge on any atom is -0.0758 e. The lowest BCUT2D eigenvalue weighted by Crippen LogP contribution is -2.23. The summed E-state index contributed by atoms with van der Waals surface area (Å²) in [5, 5.41) is 0. The van der Waals surface area contributed by atoms with Crippen LogP contribution in [-0.2, 0) is 0 Å². The van der Waals surface area contributed by atoms with Crippen LogP contribution in [0.2, 0.25) is 0 Å². The van der Waals surface area contributed by atoms with Crippen LogP contribution in [0, 0.1) is 12.8 Å². The molecule has 0 amide bonds. The highest BCUT2D eigenvalue weighted by Crippen LogP contribution is 2.49. The molecule has 0 aromatic heterocycles. The van der Waals surface area contributed by atoms with E-state index in [1.807, 2.05) is 0 Å². The van der Waals surface area contributed by atoms with Crippen molar-refractivity contribution in [2.24, 2.45) is 5.92 Å². The Bertz CT molecular complexity index is 666. The Morgan fingerprint density at radius 3 is 2.72 bits per heavy atom. The van der Waals surface area contributed by atoms with Crippen molar-refractivity contribution in [2.75, 3.05) is 0 Å². The Morgan fingerprint density at radius 2 is 1.83 bits per heavy atom. The molecule has 0 heteroatoms. The zero-order valence-corrected chi connectivity index (χ0v) is 10.8. The molecule has 0 fully saturated rings. The van der Waals surface area contributed by atoms with Crippen LogP contribution in [-0.4, -0.2) is 0 Å². The Labute approximate surface area is 108 Å². The number of rotatable bonds is 0. The van der Waals surface area contributed by atoms with Crippen LogP contribution in [0.15, 0.2) is 47.6 Å². The maximum Gasteiger partial charge on any atom is 0.0202 e. The predicted molar refractivity (Wildman–Crippen MR) is 77.3 cm³/mol. The average molecular weight is 232 g/mol. The van der Waals surface area contributed by atoms with E-state index < -0.39 is 0 Å². The van der Waals surface area contributed by atoms with Crippen molar-refractivity contribution in [1.82, 2.24) is 0 Å². The Morgan fingerprint density at radius 1 is 0.944 bits per heavy atom. The van der Waals surface area contributed by atoms with Crippen LogP contribution in [0.5, 0.6) is 0 Å². The van der Waals surface area contributed by atoms with E-state index in [1.54, 1.807) is 5.56 Å². The smallest absolute Gasteiger partial charge is 0.0202 e. The van der Waals surface area contributed by atoms with Gasteiger partial charge >= 0.3 is 0 Å². The van der Waals surface area contributed by atoms with Gasteiger partial charge in [0.1, 0.15) is 0 Å². The highest BCUT2D eigenvalue weighted by molar-refractivity contribution is 5.76. The third kappa shape index (κ3) is 1.16. The summed E-state index contributed by atoms with van der Waals surface area (Å²) in [5.74, 6) is 1.11. The summed E-state index contributed by atoms with van der Waals surface area (Å²) in [6.45, 7) is 4.47. The van der Waals surface area contributed by atoms with Crippen LogP contribution in [0.25, 0.3) is 12.2 Å². The van der Waals surface area contributed by atoms with Gasteiger partial charge < -0.3 is 0 Å². The molecule has 0 saturated heterocycles. The van der Waals surface area contributed by atoms with Crippen LogP contribution < -0.4 is 0 Å². The van der Waals surface area contributed by atoms with Gasteiger partial charge in [-0.3, -0.25) is 0 Å². The molecule has 2 unspecified atom stereocenters. The number of allylic oxidation sites excluding steroid dienone is 6. The van der Waals surface area contributed by atoms with E-state index >= 15 is 0 Å². The second kappa shape index (κ2) is 3.35. The first-order valence-electron chi connectivity index (χ1n) is 6.64. The zero-order chi connectivity index (χ0) is 12.3. The lowest BCUT2D eigenvalue weighted by molar-refractivity contribution is 0.629. The van der Waals surface area contributed by atoms with Crippen molar-refractivity contribution in [1.29, 1.82) is 0 Å². The van der Waals surface area contributed by atoms with E-state index in [9.17, 15) is 0 Å². The van der Waals surface area contributed by atoms with E-state index in [1.165, 1.54) is 27.8 Å². The second-order valence-corrected chi connectivity index (χ2v) is 5.57. The molecule has 0 N–H and O–H groups in total. The molecular weight excluding hydrogens is 216 g/mol. The van der Waals surface area contributed by atoms with Gasteiger partial charge in [-0.15, -0.1) is 0 Å². The minimum atomic E-state index is 0.551. The van der Waals surface area contributed by atoms with Gasteiger partial charge in [-0.2, -0.15) is 0 Å². The molecule has 0 saturated carbocycles. The molecule has 3 aliphatic rings. The molecule has 0 aliphatic heterocycles. The van der Waals surface area contributed by atoms with E-state index in [4.69, 9.17) is 0 Å². The Kier molecular flexibility index (Phi) is 1.89. The molecule has 0 spiro atoms. The van der Waals surface area contributed by atoms with E-state index in [0.29, 0.717) is 11.8 Å². The zero-order valence-electron chi connectivity index (χ0n) is 10.8. The molecule has 0 bridgehead atoms. The standard InChI is InChI=1S/C18H16/c1-11-3-5-13-7-8-14-6-4-12(2)16-10-9-15(11)17(13)18(14)16/h3-10,15,17H,1-2H3. The fourth-order valence-corrected chi connectivity index (χ4v) is 3.54. The van der Waals surface area contributed by atoms with Gasteiger partial charge in [-0.1, -0.05) is 54.2 Å². The quantitative estimate of drug-likeness (QED) is 0.611. The molecular formula is C18H16. The fraction of sp³-hybridized carbons (Fsp3) is 0.222. The van der Waals surface area contributed by atoms with Crippen molar-refractivity contribution in [3.05, 3.63) is 69.8 Å². The summed E-state index contributed by atoms with van der Waals surface area (Å²) >= 11 is 0. The lowest BCUT2D eigenvalue weighted by Gasteiger charge is -2.37. The topological polar surface area (TPSA) is 0 Å². The van der Waals surface area contributed by atoms with Crippen LogP contribution >= 0.6 is 0 Å². The van der Waals surface area contributed by atoms with Crippen LogP contribution in [0.4, 0.5) is 0 Å². The SMILES string of the molecule is CC1=CC=C2C=Cc3ccc(C)c4c3C2C1C=C4. The molecule has 18 heavy (non-hydrogen) atoms. The van der Waals surface area contributed by atoms with Crippen LogP contribution in [0.3, 0.4) is 0 Å². The van der Waals surface area contributed by atoms with Gasteiger partial charge in [-0.05, 0) is 41.7 Å². The van der Waals surface area contributed by atoms with Crippen LogP contribution in [0.1, 0.15) is 35.1 Å². The summed E-state index contributed by atoms with van der Waals surface area (Å²) in [6.07, 6.45) is 13.8. The first kappa shape index (κ1) is 10.1. The summed E-state index contributed by atoms with van der Waals surface area (Å²) in [6, 6.07) is 4.51. The number of benzene rings is 1. The number of aryl methyl sites for hydroxylation is 1. The molecule has 88 valence electrons. The average Bonchev–Trinajstić information content (AvgIpc) is 2.40. The minimum absolute atomic E-state index is 0.551. The molecule has 0 heterocycles. The number of hydrogen-bond acceptors (Lipinski definition) is 0. The van der Waals surface area contributed by atoms with Gasteiger partial charge in [-0.25, -0.2) is 0 Å². The molecule has 4 rings (SSSR count). The third-order valence-electron chi connectivity index (χ3n) is 4.56. The predicted octanol–water partition coefficient (Wildman–Crippen LogP) is 4.63. The van der Waals surface area contributed by atoms with Crippen molar-refractivity contribution in [3.8, 4) is 0 Å². The van der Waals surface area contributed by atoms with Crippen molar-refractivity contribution in [2.45, 2.75) is 19.8 Å². The highest BCUT2D eigenvalue weighted by atomic mass is 14.4. The molecule has 1 aromatic carbocycles. The monoisotopic (exact) mass is 232 g/mol. The Balaban J connectivity index is 2.08. The van der Waals surface area contributed by atoms with E-state index in [2.05, 4.69) is 62.4 Å². The van der Waals surface area contributed by atoms with Crippen molar-refractivity contribution in [3.63, 3.8) is 0 Å².